The number of aliphatic carboxylic acids is 3. The van der Waals surface area contributed by atoms with Gasteiger partial charge in [0.25, 0.3) is 0 Å². The highest BCUT2D eigenvalue weighted by Crippen LogP contribution is 2.21. The van der Waals surface area contributed by atoms with E-state index in [9.17, 15) is 14.4 Å². The van der Waals surface area contributed by atoms with Gasteiger partial charge in [-0.3, -0.25) is 0 Å². The van der Waals surface area contributed by atoms with Crippen molar-refractivity contribution in [2.45, 2.75) is 19.8 Å². The third kappa shape index (κ3) is 29.4. The Balaban J connectivity index is -0.000000107. The van der Waals surface area contributed by atoms with Gasteiger partial charge in [-0.15, -0.1) is 0 Å². The molecule has 0 bridgehead atoms. The molecule has 0 unspecified atom stereocenters. The zero-order valence-electron chi connectivity index (χ0n) is 19.4. The van der Waals surface area contributed by atoms with Crippen LogP contribution in [0.1, 0.15) is 19.8 Å². The second-order valence-corrected chi connectivity index (χ2v) is 6.48. The fourth-order valence-corrected chi connectivity index (χ4v) is 1.22. The topological polar surface area (TPSA) is 254 Å². The average Bonchev–Trinajstić information content (AvgIpc) is 2.85. The van der Waals surface area contributed by atoms with E-state index in [2.05, 4.69) is 19.7 Å². The highest BCUT2D eigenvalue weighted by atomic mass is 16.4. The van der Waals surface area contributed by atoms with Gasteiger partial charge < -0.3 is 51.1 Å². The second-order valence-electron chi connectivity index (χ2n) is 6.48. The molecule has 13 nitrogen and oxygen atoms in total. The van der Waals surface area contributed by atoms with Crippen LogP contribution in [-0.2, 0) is 14.4 Å². The van der Waals surface area contributed by atoms with Crippen molar-refractivity contribution in [3.8, 4) is 0 Å². The van der Waals surface area contributed by atoms with Gasteiger partial charge in [0.2, 0.25) is 0 Å². The largest absolute Gasteiger partial charge is 0.478 e. The predicted molar refractivity (Wildman–Crippen MR) is 123 cm³/mol. The first kappa shape index (κ1) is 41.6. The first-order chi connectivity index (χ1) is 15.8. The van der Waals surface area contributed by atoms with Crippen molar-refractivity contribution >= 4 is 17.9 Å². The smallest absolute Gasteiger partial charge is 0.327 e. The molecule has 0 spiro atoms. The summed E-state index contributed by atoms with van der Waals surface area (Å²) in [5.41, 5.74) is -1.77. The van der Waals surface area contributed by atoms with Crippen LogP contribution in [0.15, 0.2) is 38.0 Å². The Morgan fingerprint density at radius 1 is 0.559 bits per heavy atom. The first-order valence-electron chi connectivity index (χ1n) is 9.62. The molecular formula is C21H40O13. The summed E-state index contributed by atoms with van der Waals surface area (Å²) in [5.74, 6) is -2.94. The monoisotopic (exact) mass is 500 g/mol. The van der Waals surface area contributed by atoms with Crippen LogP contribution in [0, 0.1) is 10.8 Å². The summed E-state index contributed by atoms with van der Waals surface area (Å²) in [5, 5.41) is 83.2. The summed E-state index contributed by atoms with van der Waals surface area (Å²) in [4.78, 5) is 27.8. The normalized spacial score (nSPS) is 9.53. The van der Waals surface area contributed by atoms with Gasteiger partial charge in [-0.2, -0.15) is 0 Å². The van der Waals surface area contributed by atoms with E-state index in [1.165, 1.54) is 0 Å². The van der Waals surface area contributed by atoms with Crippen LogP contribution in [0.25, 0.3) is 0 Å². The maximum absolute atomic E-state index is 9.25. The Morgan fingerprint density at radius 2 is 0.735 bits per heavy atom. The number of carboxylic acids is 3. The van der Waals surface area contributed by atoms with Crippen molar-refractivity contribution in [2.24, 2.45) is 10.8 Å². The highest BCUT2D eigenvalue weighted by Gasteiger charge is 2.27. The zero-order chi connectivity index (χ0) is 28.2. The number of hydrogen-bond acceptors (Lipinski definition) is 10. The van der Waals surface area contributed by atoms with E-state index in [0.717, 1.165) is 24.6 Å². The Labute approximate surface area is 198 Å². The van der Waals surface area contributed by atoms with E-state index in [1.54, 1.807) is 0 Å². The summed E-state index contributed by atoms with van der Waals surface area (Å²) in [6.07, 6.45) is 4.03. The molecule has 0 fully saturated rings. The third-order valence-corrected chi connectivity index (χ3v) is 3.65. The van der Waals surface area contributed by atoms with Gasteiger partial charge in [-0.05, 0) is 6.42 Å². The van der Waals surface area contributed by atoms with Crippen LogP contribution in [0.5, 0.6) is 0 Å². The van der Waals surface area contributed by atoms with E-state index >= 15 is 0 Å². The number of aliphatic hydroxyl groups is 7. The lowest BCUT2D eigenvalue weighted by molar-refractivity contribution is -0.132. The lowest BCUT2D eigenvalue weighted by Gasteiger charge is -2.26. The third-order valence-electron chi connectivity index (χ3n) is 3.65. The predicted octanol–water partition coefficient (Wildman–Crippen LogP) is -1.54. The molecule has 34 heavy (non-hydrogen) atoms. The van der Waals surface area contributed by atoms with Crippen LogP contribution in [-0.4, -0.2) is 115 Å². The number of carbonyl (C=O) groups is 3. The van der Waals surface area contributed by atoms with Gasteiger partial charge in [-0.1, -0.05) is 33.1 Å². The molecule has 0 aliphatic carbocycles. The number of hydrogen-bond donors (Lipinski definition) is 10. The molecule has 0 atom stereocenters. The molecule has 13 heteroatoms. The molecule has 0 amide bonds. The maximum Gasteiger partial charge on any atom is 0.327 e. The fraction of sp³-hybridized carbons (Fsp3) is 0.571. The van der Waals surface area contributed by atoms with Crippen LogP contribution < -0.4 is 0 Å². The second kappa shape index (κ2) is 28.4. The summed E-state index contributed by atoms with van der Waals surface area (Å²) in [6.45, 7) is 8.78. The molecule has 0 saturated carbocycles. The number of carboxylic acid groups (broad SMARTS) is 3. The molecule has 0 aromatic heterocycles. The van der Waals surface area contributed by atoms with Crippen molar-refractivity contribution in [2.75, 3.05) is 46.2 Å². The molecule has 0 aromatic carbocycles. The van der Waals surface area contributed by atoms with Crippen molar-refractivity contribution in [1.29, 1.82) is 0 Å². The summed E-state index contributed by atoms with van der Waals surface area (Å²) in [7, 11) is 0. The Bertz CT molecular complexity index is 470. The molecular weight excluding hydrogens is 460 g/mol. The van der Waals surface area contributed by atoms with Gasteiger partial charge >= 0.3 is 17.9 Å². The van der Waals surface area contributed by atoms with Crippen molar-refractivity contribution in [3.05, 3.63) is 38.0 Å². The van der Waals surface area contributed by atoms with E-state index in [4.69, 9.17) is 51.1 Å². The van der Waals surface area contributed by atoms with E-state index in [0.29, 0.717) is 6.42 Å². The molecule has 202 valence electrons. The van der Waals surface area contributed by atoms with Gasteiger partial charge in [-0.25, -0.2) is 14.4 Å². The fourth-order valence-electron chi connectivity index (χ4n) is 1.22. The lowest BCUT2D eigenvalue weighted by Crippen LogP contribution is -2.37. The maximum atomic E-state index is 9.25. The summed E-state index contributed by atoms with van der Waals surface area (Å²) < 4.78 is 0. The number of aliphatic hydroxyl groups excluding tert-OH is 7. The zero-order valence-corrected chi connectivity index (χ0v) is 19.4. The van der Waals surface area contributed by atoms with Crippen LogP contribution in [0.3, 0.4) is 0 Å². The highest BCUT2D eigenvalue weighted by molar-refractivity contribution is 5.79. The van der Waals surface area contributed by atoms with Crippen molar-refractivity contribution < 1.29 is 65.4 Å². The SMILES string of the molecule is C=CC(=O)O.C=CC(=O)O.C=CC(=O)O.CCCC(CO)(CO)CO.OCC(CO)(CO)CO. The summed E-state index contributed by atoms with van der Waals surface area (Å²) in [6, 6.07) is 0. The van der Waals surface area contributed by atoms with E-state index < -0.39 is 55.2 Å². The average molecular weight is 501 g/mol. The van der Waals surface area contributed by atoms with Crippen LogP contribution in [0.2, 0.25) is 0 Å². The molecule has 0 aromatic rings. The van der Waals surface area contributed by atoms with Crippen molar-refractivity contribution in [3.63, 3.8) is 0 Å². The molecule has 0 saturated heterocycles. The Hall–Kier alpha value is -2.65. The summed E-state index contributed by atoms with van der Waals surface area (Å²) >= 11 is 0. The van der Waals surface area contributed by atoms with Gasteiger partial charge in [0.05, 0.1) is 51.7 Å². The quantitative estimate of drug-likeness (QED) is 0.137. The first-order valence-corrected chi connectivity index (χ1v) is 9.62. The molecule has 0 aliphatic heterocycles. The van der Waals surface area contributed by atoms with Crippen LogP contribution >= 0.6 is 0 Å². The van der Waals surface area contributed by atoms with Gasteiger partial charge in [0, 0.05) is 23.6 Å². The van der Waals surface area contributed by atoms with Crippen LogP contribution in [0.4, 0.5) is 0 Å². The number of rotatable bonds is 12. The lowest BCUT2D eigenvalue weighted by atomic mass is 9.86. The van der Waals surface area contributed by atoms with E-state index in [1.807, 2.05) is 6.92 Å². The Morgan fingerprint density at radius 3 is 0.765 bits per heavy atom. The van der Waals surface area contributed by atoms with E-state index in [-0.39, 0.29) is 19.8 Å². The molecule has 0 aliphatic rings. The van der Waals surface area contributed by atoms with Crippen molar-refractivity contribution in [1.82, 2.24) is 0 Å². The minimum absolute atomic E-state index is 0.145. The molecule has 10 N–H and O–H groups in total. The molecule has 0 heterocycles. The molecule has 0 radical (unpaired) electrons. The minimum Gasteiger partial charge on any atom is -0.478 e. The minimum atomic E-state index is -1.11. The Kier molecular flexibility index (Phi) is 34.7. The standard InChI is InChI=1S/C7H16O3.C5H12O4.3C3H4O2/c1-2-3-7(4-8,5-9)6-10;6-1-5(2-7,3-8)4-9;3*1-2-3(4)5/h8-10H,2-6H2,1H3;6-9H,1-4H2;3*2H,1H2,(H,4,5). The molecule has 0 rings (SSSR count). The van der Waals surface area contributed by atoms with Gasteiger partial charge in [0.15, 0.2) is 0 Å². The van der Waals surface area contributed by atoms with Gasteiger partial charge in [0.1, 0.15) is 0 Å².